The van der Waals surface area contributed by atoms with E-state index in [4.69, 9.17) is 9.52 Å². The summed E-state index contributed by atoms with van der Waals surface area (Å²) >= 11 is 0. The molecule has 1 aromatic heterocycles. The monoisotopic (exact) mass is 287 g/mol. The van der Waals surface area contributed by atoms with Crippen molar-refractivity contribution in [2.75, 3.05) is 18.5 Å². The normalized spacial score (nSPS) is 10.6. The largest absolute Gasteiger partial charge is 0.421 e. The van der Waals surface area contributed by atoms with Crippen molar-refractivity contribution in [3.05, 3.63) is 51.9 Å². The molecule has 2 aromatic rings. The Kier molecular flexibility index (Phi) is 4.23. The summed E-state index contributed by atoms with van der Waals surface area (Å²) in [4.78, 5) is 23.8. The number of allylic oxidation sites excluding steroid dienone is 1. The first-order valence-electron chi connectivity index (χ1n) is 6.59. The lowest BCUT2D eigenvalue weighted by molar-refractivity contribution is 0.104. The first-order valence-corrected chi connectivity index (χ1v) is 6.59. The second kappa shape index (κ2) is 5.93. The molecule has 21 heavy (non-hydrogen) atoms. The molecule has 0 atom stereocenters. The molecule has 0 aliphatic heterocycles. The van der Waals surface area contributed by atoms with E-state index in [9.17, 15) is 9.59 Å². The molecule has 1 heterocycles. The zero-order valence-electron chi connectivity index (χ0n) is 12.0. The Hall–Kier alpha value is -2.40. The van der Waals surface area contributed by atoms with Crippen LogP contribution < -0.4 is 10.9 Å². The van der Waals surface area contributed by atoms with E-state index in [0.29, 0.717) is 16.8 Å². The molecule has 2 N–H and O–H groups in total. The Balaban J connectivity index is 2.69. The van der Waals surface area contributed by atoms with Crippen molar-refractivity contribution in [3.63, 3.8) is 0 Å². The molecule has 0 radical (unpaired) electrons. The fourth-order valence-electron chi connectivity index (χ4n) is 2.27. The van der Waals surface area contributed by atoms with Gasteiger partial charge in [-0.05, 0) is 43.2 Å². The van der Waals surface area contributed by atoms with E-state index < -0.39 is 5.63 Å². The topological polar surface area (TPSA) is 79.5 Å². The fourth-order valence-corrected chi connectivity index (χ4v) is 2.27. The van der Waals surface area contributed by atoms with Gasteiger partial charge >= 0.3 is 5.63 Å². The summed E-state index contributed by atoms with van der Waals surface area (Å²) in [7, 11) is 0. The van der Waals surface area contributed by atoms with Crippen LogP contribution in [-0.2, 0) is 0 Å². The minimum Gasteiger partial charge on any atom is -0.421 e. The van der Waals surface area contributed by atoms with E-state index >= 15 is 0 Å². The number of fused-ring (bicyclic) bond motifs is 1. The Morgan fingerprint density at radius 1 is 1.43 bits per heavy atom. The van der Waals surface area contributed by atoms with Crippen LogP contribution in [0.2, 0.25) is 0 Å². The van der Waals surface area contributed by atoms with Crippen LogP contribution in [0.5, 0.6) is 0 Å². The minimum atomic E-state index is -0.519. The van der Waals surface area contributed by atoms with Gasteiger partial charge < -0.3 is 14.8 Å². The number of aliphatic hydroxyl groups excluding tert-OH is 1. The number of aryl methyl sites for hydroxylation is 2. The molecule has 0 spiro atoms. The molecule has 5 heteroatoms. The van der Waals surface area contributed by atoms with Crippen LogP contribution in [-0.4, -0.2) is 24.0 Å². The number of ketones is 1. The number of hydrogen-bond donors (Lipinski definition) is 2. The first-order chi connectivity index (χ1) is 9.99. The van der Waals surface area contributed by atoms with Crippen LogP contribution in [0.15, 0.2) is 34.0 Å². The van der Waals surface area contributed by atoms with Gasteiger partial charge in [-0.2, -0.15) is 0 Å². The van der Waals surface area contributed by atoms with E-state index in [1.54, 1.807) is 13.0 Å². The lowest BCUT2D eigenvalue weighted by Crippen LogP contribution is -2.15. The standard InChI is InChI=1S/C16H17NO4/c1-4-13(19)11-8-14-12(7-9(11)2)10(3)15(16(20)21-14)17-5-6-18/h4,7-8,17-18H,1,5-6H2,2-3H3. The highest BCUT2D eigenvalue weighted by atomic mass is 16.4. The second-order valence-electron chi connectivity index (χ2n) is 4.77. The average Bonchev–Trinajstić information content (AvgIpc) is 2.47. The molecule has 2 rings (SSSR count). The van der Waals surface area contributed by atoms with Crippen LogP contribution in [0.25, 0.3) is 11.0 Å². The van der Waals surface area contributed by atoms with E-state index in [-0.39, 0.29) is 18.9 Å². The zero-order chi connectivity index (χ0) is 15.6. The molecule has 0 saturated carbocycles. The molecule has 0 bridgehead atoms. The van der Waals surface area contributed by atoms with Gasteiger partial charge in [-0.15, -0.1) is 0 Å². The summed E-state index contributed by atoms with van der Waals surface area (Å²) in [6.45, 7) is 7.27. The van der Waals surface area contributed by atoms with Gasteiger partial charge in [-0.3, -0.25) is 4.79 Å². The lowest BCUT2D eigenvalue weighted by Gasteiger charge is -2.11. The number of nitrogens with one attached hydrogen (secondary N) is 1. The van der Waals surface area contributed by atoms with Crippen LogP contribution in [0, 0.1) is 13.8 Å². The van der Waals surface area contributed by atoms with Crippen LogP contribution in [0.4, 0.5) is 5.69 Å². The number of carbonyl (C=O) groups is 1. The van der Waals surface area contributed by atoms with Gasteiger partial charge in [0.2, 0.25) is 0 Å². The van der Waals surface area contributed by atoms with Crippen LogP contribution in [0.1, 0.15) is 21.5 Å². The van der Waals surface area contributed by atoms with E-state index in [1.807, 2.05) is 13.0 Å². The maximum absolute atomic E-state index is 12.0. The van der Waals surface area contributed by atoms with Crippen molar-refractivity contribution in [1.82, 2.24) is 0 Å². The van der Waals surface area contributed by atoms with Crippen molar-refractivity contribution in [2.45, 2.75) is 13.8 Å². The number of rotatable bonds is 5. The maximum atomic E-state index is 12.0. The summed E-state index contributed by atoms with van der Waals surface area (Å²) in [5.74, 6) is -0.211. The third kappa shape index (κ3) is 2.73. The third-order valence-electron chi connectivity index (χ3n) is 3.38. The number of aliphatic hydroxyl groups is 1. The predicted molar refractivity (Wildman–Crippen MR) is 82.1 cm³/mol. The molecule has 0 aliphatic rings. The number of hydrogen-bond acceptors (Lipinski definition) is 5. The molecular weight excluding hydrogens is 270 g/mol. The molecule has 0 amide bonds. The third-order valence-corrected chi connectivity index (χ3v) is 3.38. The summed E-state index contributed by atoms with van der Waals surface area (Å²) in [5.41, 5.74) is 2.17. The smallest absolute Gasteiger partial charge is 0.360 e. The molecule has 110 valence electrons. The SMILES string of the molecule is C=CC(=O)c1cc2oc(=O)c(NCCO)c(C)c2cc1C. The Bertz CT molecular complexity index is 774. The van der Waals surface area contributed by atoms with E-state index in [2.05, 4.69) is 11.9 Å². The predicted octanol–water partition coefficient (Wildman–Crippen LogP) is 2.18. The van der Waals surface area contributed by atoms with Crippen LogP contribution >= 0.6 is 0 Å². The Morgan fingerprint density at radius 2 is 2.14 bits per heavy atom. The number of carbonyl (C=O) groups excluding carboxylic acids is 1. The molecular formula is C16H17NO4. The molecule has 1 aromatic carbocycles. The van der Waals surface area contributed by atoms with E-state index in [1.165, 1.54) is 6.08 Å². The van der Waals surface area contributed by atoms with Crippen molar-refractivity contribution < 1.29 is 14.3 Å². The second-order valence-corrected chi connectivity index (χ2v) is 4.77. The van der Waals surface area contributed by atoms with Crippen molar-refractivity contribution in [3.8, 4) is 0 Å². The number of benzene rings is 1. The van der Waals surface area contributed by atoms with Crippen molar-refractivity contribution in [1.29, 1.82) is 0 Å². The fraction of sp³-hybridized carbons (Fsp3) is 0.250. The average molecular weight is 287 g/mol. The maximum Gasteiger partial charge on any atom is 0.360 e. The zero-order valence-corrected chi connectivity index (χ0v) is 12.0. The van der Waals surface area contributed by atoms with Crippen molar-refractivity contribution in [2.24, 2.45) is 0 Å². The highest BCUT2D eigenvalue weighted by Crippen LogP contribution is 2.26. The van der Waals surface area contributed by atoms with Gasteiger partial charge in [0, 0.05) is 17.5 Å². The van der Waals surface area contributed by atoms with Gasteiger partial charge in [0.25, 0.3) is 0 Å². The van der Waals surface area contributed by atoms with E-state index in [0.717, 1.165) is 16.5 Å². The minimum absolute atomic E-state index is 0.0806. The molecule has 0 fully saturated rings. The number of anilines is 1. The van der Waals surface area contributed by atoms with Gasteiger partial charge in [0.05, 0.1) is 6.61 Å². The molecule has 0 unspecified atom stereocenters. The summed E-state index contributed by atoms with van der Waals surface area (Å²) in [6.07, 6.45) is 1.23. The van der Waals surface area contributed by atoms with Gasteiger partial charge in [0.15, 0.2) is 5.78 Å². The quantitative estimate of drug-likeness (QED) is 0.500. The molecule has 0 saturated heterocycles. The highest BCUT2D eigenvalue weighted by Gasteiger charge is 2.14. The van der Waals surface area contributed by atoms with Crippen molar-refractivity contribution >= 4 is 22.4 Å². The summed E-state index contributed by atoms with van der Waals surface area (Å²) in [5, 5.41) is 12.5. The Morgan fingerprint density at radius 3 is 2.76 bits per heavy atom. The van der Waals surface area contributed by atoms with Crippen LogP contribution in [0.3, 0.4) is 0 Å². The molecule has 0 aliphatic carbocycles. The van der Waals surface area contributed by atoms with Gasteiger partial charge in [-0.25, -0.2) is 4.79 Å². The van der Waals surface area contributed by atoms with Gasteiger partial charge in [-0.1, -0.05) is 6.58 Å². The Labute approximate surface area is 121 Å². The summed E-state index contributed by atoms with van der Waals surface area (Å²) < 4.78 is 5.27. The highest BCUT2D eigenvalue weighted by molar-refractivity contribution is 6.07. The lowest BCUT2D eigenvalue weighted by atomic mass is 9.99. The molecule has 5 nitrogen and oxygen atoms in total. The first kappa shape index (κ1) is 15.0. The van der Waals surface area contributed by atoms with Gasteiger partial charge in [0.1, 0.15) is 11.3 Å². The summed E-state index contributed by atoms with van der Waals surface area (Å²) in [6, 6.07) is 3.38.